The van der Waals surface area contributed by atoms with E-state index in [1.54, 1.807) is 6.92 Å². The Morgan fingerprint density at radius 2 is 1.46 bits per heavy atom. The van der Waals surface area contributed by atoms with E-state index < -0.39 is 98.1 Å². The maximum Gasteiger partial charge on any atom is 0.332 e. The van der Waals surface area contributed by atoms with E-state index in [1.807, 2.05) is 6.92 Å². The molecule has 69 heavy (non-hydrogen) atoms. The summed E-state index contributed by atoms with van der Waals surface area (Å²) >= 11 is 0. The molecule has 19 heteroatoms. The fourth-order valence-corrected chi connectivity index (χ4v) is 10.9. The molecule has 1 aromatic carbocycles. The molecule has 3 saturated heterocycles. The van der Waals surface area contributed by atoms with Crippen LogP contribution in [0.4, 0.5) is 0 Å². The lowest BCUT2D eigenvalue weighted by atomic mass is 9.78. The second kappa shape index (κ2) is 28.7. The second-order valence-electron chi connectivity index (χ2n) is 20.4. The standard InChI is InChI=1S/C50H86N6O13/c1-31-25-37(28-54-19-15-34-11-13-36(14-12-34)29-56-23-8-18-52-21-20-51-16-7-17-53-22-24-56)27-38(46(31)69-50-45(62)44(61)42(59)32(2)65-50)67-49-41(55-33(3)58)47(43(60)40(30-57)68-49)66-39(48(63)64)26-35-9-5-4-6-10-35/h11-14,31-32,35,37-47,49-54,57,59-62H,4-10,15-30H2,1-3H3,(H,55,58)(H,63,64)/t31?,32-,37?,38?,39-,40+,41+,42+,43-,44+,45-,46?,47+,49+,50-/m0/s1. The van der Waals surface area contributed by atoms with Crippen LogP contribution in [0.15, 0.2) is 24.3 Å². The molecule has 5 fully saturated rings. The third-order valence-corrected chi connectivity index (χ3v) is 14.8. The molecule has 3 aliphatic heterocycles. The molecule has 1 amide bonds. The van der Waals surface area contributed by atoms with Crippen LogP contribution in [-0.4, -0.2) is 199 Å². The average molecular weight is 979 g/mol. The minimum atomic E-state index is -1.57. The summed E-state index contributed by atoms with van der Waals surface area (Å²) in [4.78, 5) is 28.0. The van der Waals surface area contributed by atoms with Gasteiger partial charge in [-0.1, -0.05) is 63.3 Å². The molecule has 15 atom stereocenters. The first kappa shape index (κ1) is 55.9. The minimum Gasteiger partial charge on any atom is -0.479 e. The molecule has 2 aliphatic carbocycles. The van der Waals surface area contributed by atoms with Crippen molar-refractivity contribution in [1.82, 2.24) is 31.5 Å². The van der Waals surface area contributed by atoms with Crippen LogP contribution in [0.5, 0.6) is 0 Å². The molecule has 0 bridgehead atoms. The van der Waals surface area contributed by atoms with E-state index in [-0.39, 0.29) is 24.2 Å². The summed E-state index contributed by atoms with van der Waals surface area (Å²) < 4.78 is 31.6. The maximum absolute atomic E-state index is 12.8. The SMILES string of the molecule is CC(=O)N[C@H]1[C@H](OC2CC(CNCCc3ccc(CN4CCCNCCNCCCNCC4)cc3)CC(C)C2O[C@@H]2O[C@@H](C)[C@@H](O)[C@@H](O)[C@@H]2O)O[C@H](CO)[C@H](O)[C@@H]1O[C@@H](CC1CCCCC1)C(=O)O. The van der Waals surface area contributed by atoms with Gasteiger partial charge in [0.05, 0.1) is 24.9 Å². The van der Waals surface area contributed by atoms with E-state index in [0.717, 1.165) is 117 Å². The van der Waals surface area contributed by atoms with Crippen molar-refractivity contribution in [2.24, 2.45) is 17.8 Å². The molecule has 11 N–H and O–H groups in total. The Hall–Kier alpha value is -2.44. The Labute approximate surface area is 409 Å². The van der Waals surface area contributed by atoms with Gasteiger partial charge in [-0.25, -0.2) is 4.79 Å². The molecule has 0 aromatic heterocycles. The third-order valence-electron chi connectivity index (χ3n) is 14.8. The summed E-state index contributed by atoms with van der Waals surface area (Å²) in [5.74, 6) is -1.70. The summed E-state index contributed by atoms with van der Waals surface area (Å²) in [6, 6.07) is 7.68. The molecule has 4 unspecified atom stereocenters. The third kappa shape index (κ3) is 17.1. The highest BCUT2D eigenvalue weighted by atomic mass is 16.7. The van der Waals surface area contributed by atoms with Gasteiger partial charge in [0.25, 0.3) is 0 Å². The van der Waals surface area contributed by atoms with Crippen molar-refractivity contribution in [3.05, 3.63) is 35.4 Å². The lowest BCUT2D eigenvalue weighted by molar-refractivity contribution is -0.338. The number of hydrogen-bond donors (Lipinski definition) is 11. The molecule has 1 aromatic rings. The number of aliphatic hydroxyl groups excluding tert-OH is 5. The van der Waals surface area contributed by atoms with Crippen LogP contribution in [0.3, 0.4) is 0 Å². The van der Waals surface area contributed by atoms with Gasteiger partial charge in [0.2, 0.25) is 5.91 Å². The van der Waals surface area contributed by atoms with Crippen LogP contribution < -0.4 is 26.6 Å². The molecule has 5 aliphatic rings. The zero-order chi connectivity index (χ0) is 49.3. The Morgan fingerprint density at radius 3 is 2.16 bits per heavy atom. The summed E-state index contributed by atoms with van der Waals surface area (Å²) in [5, 5.41) is 81.5. The van der Waals surface area contributed by atoms with E-state index >= 15 is 0 Å². The number of amides is 1. The first-order chi connectivity index (χ1) is 33.3. The Kier molecular flexibility index (Phi) is 23.2. The summed E-state index contributed by atoms with van der Waals surface area (Å²) in [6.45, 7) is 14.5. The highest BCUT2D eigenvalue weighted by Gasteiger charge is 2.52. The first-order valence-corrected chi connectivity index (χ1v) is 26.0. The first-order valence-electron chi connectivity index (χ1n) is 26.0. The maximum atomic E-state index is 12.8. The van der Waals surface area contributed by atoms with Gasteiger partial charge in [-0.05, 0) is 114 Å². The Balaban J connectivity index is 1.11. The van der Waals surface area contributed by atoms with Gasteiger partial charge >= 0.3 is 5.97 Å². The summed E-state index contributed by atoms with van der Waals surface area (Å²) in [5.41, 5.74) is 2.52. The van der Waals surface area contributed by atoms with Gasteiger partial charge in [0, 0.05) is 39.6 Å². The number of nitrogens with one attached hydrogen (secondary N) is 5. The van der Waals surface area contributed by atoms with Crippen LogP contribution in [0.25, 0.3) is 0 Å². The zero-order valence-electron chi connectivity index (χ0n) is 41.3. The van der Waals surface area contributed by atoms with Crippen molar-refractivity contribution in [1.29, 1.82) is 0 Å². The molecule has 394 valence electrons. The van der Waals surface area contributed by atoms with E-state index in [2.05, 4.69) is 55.7 Å². The number of ether oxygens (including phenoxy) is 5. The topological polar surface area (TPSA) is 265 Å². The smallest absolute Gasteiger partial charge is 0.332 e. The number of aliphatic hydroxyl groups is 5. The van der Waals surface area contributed by atoms with Gasteiger partial charge < -0.3 is 80.9 Å². The van der Waals surface area contributed by atoms with Crippen LogP contribution in [-0.2, 0) is 46.2 Å². The average Bonchev–Trinajstić information content (AvgIpc) is 3.33. The number of carbonyl (C=O) groups excluding carboxylic acids is 1. The minimum absolute atomic E-state index is 0.0619. The van der Waals surface area contributed by atoms with E-state index in [4.69, 9.17) is 23.7 Å². The van der Waals surface area contributed by atoms with Gasteiger partial charge in [0.1, 0.15) is 42.7 Å². The number of nitrogens with zero attached hydrogens (tertiary/aromatic N) is 1. The van der Waals surface area contributed by atoms with Crippen LogP contribution in [0.2, 0.25) is 0 Å². The van der Waals surface area contributed by atoms with Crippen LogP contribution in [0, 0.1) is 17.8 Å². The van der Waals surface area contributed by atoms with E-state index in [9.17, 15) is 40.2 Å². The Morgan fingerprint density at radius 1 is 0.768 bits per heavy atom. The van der Waals surface area contributed by atoms with Gasteiger partial charge in [-0.15, -0.1) is 0 Å². The van der Waals surface area contributed by atoms with Gasteiger partial charge in [-0.3, -0.25) is 9.69 Å². The lowest BCUT2D eigenvalue weighted by Gasteiger charge is -2.49. The van der Waals surface area contributed by atoms with Crippen molar-refractivity contribution in [2.45, 2.75) is 178 Å². The quantitative estimate of drug-likeness (QED) is 0.0879. The molecule has 3 heterocycles. The Bertz CT molecular complexity index is 1630. The highest BCUT2D eigenvalue weighted by Crippen LogP contribution is 2.38. The predicted molar refractivity (Wildman–Crippen MR) is 257 cm³/mol. The van der Waals surface area contributed by atoms with Gasteiger partial charge in [0.15, 0.2) is 18.7 Å². The number of carboxylic acid groups (broad SMARTS) is 1. The van der Waals surface area contributed by atoms with Crippen molar-refractivity contribution in [3.8, 4) is 0 Å². The molecule has 2 saturated carbocycles. The molecule has 19 nitrogen and oxygen atoms in total. The number of carboxylic acids is 1. The van der Waals surface area contributed by atoms with Crippen molar-refractivity contribution >= 4 is 11.9 Å². The fourth-order valence-electron chi connectivity index (χ4n) is 10.9. The number of carbonyl (C=O) groups is 2. The second-order valence-corrected chi connectivity index (χ2v) is 20.4. The monoisotopic (exact) mass is 979 g/mol. The highest BCUT2D eigenvalue weighted by molar-refractivity contribution is 5.73. The summed E-state index contributed by atoms with van der Waals surface area (Å²) in [7, 11) is 0. The molecule has 0 radical (unpaired) electrons. The van der Waals surface area contributed by atoms with Crippen LogP contribution in [0.1, 0.15) is 96.1 Å². The molecular formula is C50H86N6O13. The predicted octanol–water partition coefficient (Wildman–Crippen LogP) is 0.219. The largest absolute Gasteiger partial charge is 0.479 e. The molecule has 6 rings (SSSR count). The number of hydrogen-bond acceptors (Lipinski definition) is 17. The molecule has 0 spiro atoms. The van der Waals surface area contributed by atoms with Crippen LogP contribution >= 0.6 is 0 Å². The van der Waals surface area contributed by atoms with E-state index in [1.165, 1.54) is 18.1 Å². The van der Waals surface area contributed by atoms with E-state index in [0.29, 0.717) is 19.4 Å². The number of aliphatic carboxylic acids is 1. The van der Waals surface area contributed by atoms with Crippen molar-refractivity contribution in [2.75, 3.05) is 72.1 Å². The number of benzene rings is 1. The van der Waals surface area contributed by atoms with Crippen molar-refractivity contribution < 1.29 is 63.9 Å². The fraction of sp³-hybridized carbons (Fsp3) is 0.840. The molecular weight excluding hydrogens is 893 g/mol. The van der Waals surface area contributed by atoms with Crippen molar-refractivity contribution in [3.63, 3.8) is 0 Å². The number of rotatable bonds is 18. The zero-order valence-corrected chi connectivity index (χ0v) is 41.3. The van der Waals surface area contributed by atoms with Gasteiger partial charge in [-0.2, -0.15) is 0 Å². The normalized spacial score (nSPS) is 35.7. The lowest BCUT2D eigenvalue weighted by Crippen LogP contribution is -2.67. The summed E-state index contributed by atoms with van der Waals surface area (Å²) in [6.07, 6.45) is -5.61.